The van der Waals surface area contributed by atoms with Crippen LogP contribution in [0.15, 0.2) is 30.3 Å². The molecule has 7 nitrogen and oxygen atoms in total. The zero-order valence-electron chi connectivity index (χ0n) is 20.6. The second-order valence-corrected chi connectivity index (χ2v) is 11.2. The minimum atomic E-state index is -5.08. The van der Waals surface area contributed by atoms with Crippen LogP contribution in [-0.4, -0.2) is 46.3 Å². The lowest BCUT2D eigenvalue weighted by atomic mass is 9.62. The van der Waals surface area contributed by atoms with Gasteiger partial charge in [-0.3, -0.25) is 14.9 Å². The Morgan fingerprint density at radius 3 is 2.12 bits per heavy atom. The van der Waals surface area contributed by atoms with Crippen molar-refractivity contribution < 1.29 is 46.5 Å². The molecular formula is C26H27Cl2F5N2O5. The van der Waals surface area contributed by atoms with E-state index in [2.05, 4.69) is 10.6 Å². The van der Waals surface area contributed by atoms with Crippen LogP contribution in [0.25, 0.3) is 0 Å². The van der Waals surface area contributed by atoms with Crippen LogP contribution in [0.1, 0.15) is 51.7 Å². The fourth-order valence-corrected chi connectivity index (χ4v) is 5.50. The third kappa shape index (κ3) is 6.03. The second-order valence-electron chi connectivity index (χ2n) is 10.4. The number of anilines is 1. The Labute approximate surface area is 236 Å². The van der Waals surface area contributed by atoms with Crippen LogP contribution in [-0.2, 0) is 19.8 Å². The van der Waals surface area contributed by atoms with Gasteiger partial charge in [0, 0.05) is 17.6 Å². The molecular weight excluding hydrogens is 586 g/mol. The predicted octanol–water partition coefficient (Wildman–Crippen LogP) is 6.38. The summed E-state index contributed by atoms with van der Waals surface area (Å²) in [5.74, 6) is -7.29. The highest BCUT2D eigenvalue weighted by molar-refractivity contribution is 6.31. The summed E-state index contributed by atoms with van der Waals surface area (Å²) in [6.45, 7) is 5.84. The number of carbonyl (C=O) groups is 3. The van der Waals surface area contributed by atoms with Gasteiger partial charge in [0.15, 0.2) is 0 Å². The van der Waals surface area contributed by atoms with E-state index >= 15 is 4.39 Å². The maximum absolute atomic E-state index is 15.3. The smallest absolute Gasteiger partial charge is 0.480 e. The summed E-state index contributed by atoms with van der Waals surface area (Å²) in [4.78, 5) is 34.9. The van der Waals surface area contributed by atoms with Crippen LogP contribution in [0.5, 0.6) is 0 Å². The van der Waals surface area contributed by atoms with Gasteiger partial charge < -0.3 is 15.5 Å². The number of hydrogen-bond acceptors (Lipinski definition) is 4. The van der Waals surface area contributed by atoms with Crippen LogP contribution < -0.4 is 10.6 Å². The van der Waals surface area contributed by atoms with Gasteiger partial charge in [0.2, 0.25) is 5.91 Å². The van der Waals surface area contributed by atoms with Gasteiger partial charge in [-0.2, -0.15) is 13.2 Å². The Bertz CT molecular complexity index is 1330. The molecule has 4 N–H and O–H groups in total. The molecule has 4 rings (SSSR count). The maximum Gasteiger partial charge on any atom is 0.490 e. The van der Waals surface area contributed by atoms with Crippen LogP contribution in [0, 0.1) is 17.0 Å². The fourth-order valence-electron chi connectivity index (χ4n) is 5.15. The van der Waals surface area contributed by atoms with Crippen LogP contribution in [0.4, 0.5) is 27.6 Å². The molecule has 40 heavy (non-hydrogen) atoms. The largest absolute Gasteiger partial charge is 0.490 e. The molecule has 1 spiro atoms. The van der Waals surface area contributed by atoms with Crippen molar-refractivity contribution in [3.8, 4) is 0 Å². The number of amides is 1. The Morgan fingerprint density at radius 2 is 1.62 bits per heavy atom. The molecule has 4 atom stereocenters. The number of benzene rings is 2. The number of rotatable bonds is 3. The van der Waals surface area contributed by atoms with Crippen LogP contribution >= 0.6 is 23.2 Å². The number of carbonyl (C=O) groups excluding carboxylic acids is 1. The molecule has 0 aliphatic carbocycles. The molecule has 0 radical (unpaired) electrons. The normalized spacial score (nSPS) is 23.6. The fraction of sp³-hybridized carbons (Fsp3) is 0.423. The minimum absolute atomic E-state index is 0. The summed E-state index contributed by atoms with van der Waals surface area (Å²) in [5.41, 5.74) is -1.42. The van der Waals surface area contributed by atoms with E-state index in [1.54, 1.807) is 0 Å². The molecule has 1 amide bonds. The number of nitrogens with one attached hydrogen (secondary N) is 2. The number of aliphatic carboxylic acids is 2. The Balaban J connectivity index is 0.000000623. The van der Waals surface area contributed by atoms with E-state index in [0.717, 1.165) is 6.07 Å². The number of hydrogen-bond donors (Lipinski definition) is 4. The average Bonchev–Trinajstić information content (AvgIpc) is 3.25. The summed E-state index contributed by atoms with van der Waals surface area (Å²) in [5, 5.41) is 22.6. The van der Waals surface area contributed by atoms with Crippen LogP contribution in [0.2, 0.25) is 10.0 Å². The molecule has 0 bridgehead atoms. The standard InChI is InChI=1S/C23H22Cl2F2N2O3.C2HF3O2.CH4/c1-22(2,3)9-16-23(11-7-14(26)13(25)8-15(11)28-21(23)32)17(19(29-16)20(30)31)10-5-4-6-12(24)18(10)27;3-2(4,5)1(6)7;/h4-8,16-17,19,29H,9H2,1-3H3,(H,28,32)(H,30,31);(H,6,7);1H4/t16-,17-,19+,23+;;/m0../s1. The monoisotopic (exact) mass is 612 g/mol. The molecule has 2 aromatic rings. The number of fused-ring (bicyclic) bond motifs is 2. The third-order valence-electron chi connectivity index (χ3n) is 6.53. The highest BCUT2D eigenvalue weighted by atomic mass is 35.5. The van der Waals surface area contributed by atoms with Crippen molar-refractivity contribution in [2.45, 2.75) is 64.2 Å². The maximum atomic E-state index is 15.3. The highest BCUT2D eigenvalue weighted by Gasteiger charge is 2.66. The molecule has 2 aromatic carbocycles. The van der Waals surface area contributed by atoms with Crippen molar-refractivity contribution in [2.24, 2.45) is 5.41 Å². The molecule has 0 saturated carbocycles. The SMILES string of the molecule is C.CC(C)(C)C[C@@H]1N[C@@H](C(=O)O)[C@H](c2cccc(Cl)c2F)[C@]12C(=O)Nc1cc(Cl)c(F)cc12.O=C(O)C(F)(F)F. The third-order valence-corrected chi connectivity index (χ3v) is 7.11. The van der Waals surface area contributed by atoms with Crippen LogP contribution in [0.3, 0.4) is 0 Å². The molecule has 2 aliphatic heterocycles. The van der Waals surface area contributed by atoms with Crippen molar-refractivity contribution in [1.82, 2.24) is 5.32 Å². The average molecular weight is 613 g/mol. The second kappa shape index (κ2) is 11.5. The Morgan fingerprint density at radius 1 is 1.05 bits per heavy atom. The van der Waals surface area contributed by atoms with Gasteiger partial charge in [0.25, 0.3) is 0 Å². The number of halogens is 7. The van der Waals surface area contributed by atoms with Crippen molar-refractivity contribution in [2.75, 3.05) is 5.32 Å². The quantitative estimate of drug-likeness (QED) is 0.299. The highest BCUT2D eigenvalue weighted by Crippen LogP contribution is 2.57. The zero-order chi connectivity index (χ0) is 29.7. The summed E-state index contributed by atoms with van der Waals surface area (Å²) in [7, 11) is 0. The molecule has 2 aliphatic rings. The number of carboxylic acids is 2. The lowest BCUT2D eigenvalue weighted by molar-refractivity contribution is -0.192. The molecule has 2 heterocycles. The Kier molecular flexibility index (Phi) is 9.56. The summed E-state index contributed by atoms with van der Waals surface area (Å²) in [6, 6.07) is 4.67. The summed E-state index contributed by atoms with van der Waals surface area (Å²) in [6.07, 6.45) is -4.72. The van der Waals surface area contributed by atoms with Gasteiger partial charge in [-0.05, 0) is 41.2 Å². The molecule has 0 aromatic heterocycles. The van der Waals surface area contributed by atoms with E-state index in [-0.39, 0.29) is 39.7 Å². The number of alkyl halides is 3. The summed E-state index contributed by atoms with van der Waals surface area (Å²) >= 11 is 12.0. The molecule has 220 valence electrons. The van der Waals surface area contributed by atoms with Gasteiger partial charge in [-0.15, -0.1) is 0 Å². The van der Waals surface area contributed by atoms with Gasteiger partial charge >= 0.3 is 18.1 Å². The van der Waals surface area contributed by atoms with Gasteiger partial charge in [0.1, 0.15) is 23.1 Å². The van der Waals surface area contributed by atoms with Crippen molar-refractivity contribution in [3.05, 3.63) is 63.1 Å². The molecule has 14 heteroatoms. The number of carboxylic acid groups (broad SMARTS) is 2. The first-order chi connectivity index (χ1) is 17.8. The lowest BCUT2D eigenvalue weighted by Crippen LogP contribution is -2.49. The lowest BCUT2D eigenvalue weighted by Gasteiger charge is -2.37. The van der Waals surface area contributed by atoms with E-state index in [4.69, 9.17) is 33.1 Å². The Hall–Kier alpha value is -2.96. The molecule has 0 unspecified atom stereocenters. The molecule has 1 fully saturated rings. The first kappa shape index (κ1) is 33.2. The first-order valence-corrected chi connectivity index (χ1v) is 12.1. The van der Waals surface area contributed by atoms with E-state index in [1.807, 2.05) is 20.8 Å². The van der Waals surface area contributed by atoms with Crippen molar-refractivity contribution in [3.63, 3.8) is 0 Å². The van der Waals surface area contributed by atoms with E-state index in [0.29, 0.717) is 6.42 Å². The topological polar surface area (TPSA) is 116 Å². The van der Waals surface area contributed by atoms with Crippen molar-refractivity contribution >= 4 is 46.7 Å². The van der Waals surface area contributed by atoms with Gasteiger partial charge in [-0.1, -0.05) is 63.5 Å². The summed E-state index contributed by atoms with van der Waals surface area (Å²) < 4.78 is 61.6. The van der Waals surface area contributed by atoms with Gasteiger partial charge in [0.05, 0.1) is 10.0 Å². The minimum Gasteiger partial charge on any atom is -0.480 e. The van der Waals surface area contributed by atoms with E-state index in [9.17, 15) is 32.3 Å². The zero-order valence-corrected chi connectivity index (χ0v) is 22.1. The van der Waals surface area contributed by atoms with Crippen molar-refractivity contribution in [1.29, 1.82) is 0 Å². The van der Waals surface area contributed by atoms with Gasteiger partial charge in [-0.25, -0.2) is 13.6 Å². The predicted molar refractivity (Wildman–Crippen MR) is 139 cm³/mol. The molecule has 1 saturated heterocycles. The first-order valence-electron chi connectivity index (χ1n) is 11.4. The van der Waals surface area contributed by atoms with E-state index in [1.165, 1.54) is 24.3 Å². The van der Waals surface area contributed by atoms with E-state index < -0.39 is 59.1 Å².